The zero-order valence-corrected chi connectivity index (χ0v) is 27.4. The van der Waals surface area contributed by atoms with Gasteiger partial charge in [-0.25, -0.2) is 21.1 Å². The van der Waals surface area contributed by atoms with E-state index in [1.165, 1.54) is 11.1 Å². The summed E-state index contributed by atoms with van der Waals surface area (Å²) in [4.78, 5) is 25.1. The van der Waals surface area contributed by atoms with Crippen molar-refractivity contribution >= 4 is 31.7 Å². The van der Waals surface area contributed by atoms with Crippen molar-refractivity contribution in [2.75, 3.05) is 37.4 Å². The minimum absolute atomic E-state index is 0.00844. The standard InChI is InChI=1S/C31H48N4O6S2/c1-29(2)23-11-13-31(29,26(20-23)34-28(37)25(8-9-27(32)36)33-16-19-42(3,38)39)21-43(40,41)35-17-14-30(15-18-35)12-10-22-6-4-5-7-24(22)30/h4-7,23,25-26,33H,8-21H2,1-3H3,(H2,32,36)(H,34,37)/t23-,25?,26+,31-/m1/s1. The van der Waals surface area contributed by atoms with Crippen LogP contribution >= 0.6 is 0 Å². The number of hydrogen-bond acceptors (Lipinski definition) is 7. The molecule has 2 bridgehead atoms. The quantitative estimate of drug-likeness (QED) is 0.316. The number of nitrogens with two attached hydrogens (primary N) is 1. The van der Waals surface area contributed by atoms with Crippen LogP contribution in [0.15, 0.2) is 24.3 Å². The van der Waals surface area contributed by atoms with Crippen molar-refractivity contribution in [3.63, 3.8) is 0 Å². The van der Waals surface area contributed by atoms with Crippen LogP contribution in [-0.4, -0.2) is 82.4 Å². The Kier molecular flexibility index (Phi) is 8.83. The van der Waals surface area contributed by atoms with Gasteiger partial charge in [0.2, 0.25) is 21.8 Å². The Balaban J connectivity index is 1.30. The fourth-order valence-electron chi connectivity index (χ4n) is 8.82. The summed E-state index contributed by atoms with van der Waals surface area (Å²) in [5, 5.41) is 6.16. The van der Waals surface area contributed by atoms with Crippen molar-refractivity contribution in [2.45, 2.75) is 89.1 Å². The van der Waals surface area contributed by atoms with Crippen molar-refractivity contribution < 1.29 is 26.4 Å². The largest absolute Gasteiger partial charge is 0.370 e. The second-order valence-electron chi connectivity index (χ2n) is 14.1. The van der Waals surface area contributed by atoms with E-state index in [0.29, 0.717) is 25.9 Å². The fraction of sp³-hybridized carbons (Fsp3) is 0.742. The molecule has 10 nitrogen and oxygen atoms in total. The van der Waals surface area contributed by atoms with Crippen molar-refractivity contribution in [1.82, 2.24) is 14.9 Å². The van der Waals surface area contributed by atoms with Gasteiger partial charge in [-0.2, -0.15) is 0 Å². The van der Waals surface area contributed by atoms with Gasteiger partial charge in [0.25, 0.3) is 0 Å². The van der Waals surface area contributed by atoms with Gasteiger partial charge in [0.1, 0.15) is 9.84 Å². The number of sulfone groups is 1. The predicted octanol–water partition coefficient (Wildman–Crippen LogP) is 1.88. The van der Waals surface area contributed by atoms with E-state index in [1.807, 2.05) is 0 Å². The molecule has 4 aliphatic rings. The second-order valence-corrected chi connectivity index (χ2v) is 18.4. The molecule has 1 aromatic rings. The van der Waals surface area contributed by atoms with E-state index in [4.69, 9.17) is 5.73 Å². The minimum atomic E-state index is -3.61. The zero-order chi connectivity index (χ0) is 31.3. The molecule has 43 heavy (non-hydrogen) atoms. The number of aryl methyl sites for hydroxylation is 1. The fourth-order valence-corrected chi connectivity index (χ4v) is 11.6. The predicted molar refractivity (Wildman–Crippen MR) is 166 cm³/mol. The van der Waals surface area contributed by atoms with Crippen LogP contribution in [0.1, 0.15) is 76.3 Å². The molecule has 240 valence electrons. The highest BCUT2D eigenvalue weighted by Gasteiger charge is 2.66. The van der Waals surface area contributed by atoms with E-state index in [1.54, 1.807) is 4.31 Å². The molecule has 1 aliphatic heterocycles. The first-order chi connectivity index (χ1) is 20.1. The third-order valence-corrected chi connectivity index (χ3v) is 14.6. The molecular weight excluding hydrogens is 588 g/mol. The lowest BCUT2D eigenvalue weighted by molar-refractivity contribution is -0.125. The molecule has 2 amide bonds. The lowest BCUT2D eigenvalue weighted by atomic mass is 9.69. The zero-order valence-electron chi connectivity index (χ0n) is 25.7. The van der Waals surface area contributed by atoms with Gasteiger partial charge in [0, 0.05) is 43.8 Å². The van der Waals surface area contributed by atoms with Crippen molar-refractivity contribution in [2.24, 2.45) is 22.5 Å². The molecule has 1 spiro atoms. The summed E-state index contributed by atoms with van der Waals surface area (Å²) in [7, 11) is -6.85. The van der Waals surface area contributed by atoms with E-state index in [2.05, 4.69) is 48.7 Å². The van der Waals surface area contributed by atoms with E-state index in [9.17, 15) is 26.4 Å². The second kappa shape index (κ2) is 11.7. The average Bonchev–Trinajstić information content (AvgIpc) is 3.46. The summed E-state index contributed by atoms with van der Waals surface area (Å²) in [5.41, 5.74) is 7.28. The number of carbonyl (C=O) groups excluding carboxylic acids is 2. The van der Waals surface area contributed by atoms with Crippen LogP contribution in [0.4, 0.5) is 0 Å². The van der Waals surface area contributed by atoms with E-state index in [-0.39, 0.29) is 59.6 Å². The number of hydrogen-bond donors (Lipinski definition) is 3. The average molecular weight is 637 g/mol. The molecule has 1 aromatic carbocycles. The maximum atomic E-state index is 14.1. The third-order valence-electron chi connectivity index (χ3n) is 11.6. The van der Waals surface area contributed by atoms with Crippen LogP contribution in [0.3, 0.4) is 0 Å². The van der Waals surface area contributed by atoms with Crippen LogP contribution in [-0.2, 0) is 41.3 Å². The van der Waals surface area contributed by atoms with Gasteiger partial charge in [-0.05, 0) is 79.2 Å². The number of amides is 2. The highest BCUT2D eigenvalue weighted by molar-refractivity contribution is 7.90. The van der Waals surface area contributed by atoms with E-state index in [0.717, 1.165) is 38.4 Å². The minimum Gasteiger partial charge on any atom is -0.370 e. The summed E-state index contributed by atoms with van der Waals surface area (Å²) in [6.07, 6.45) is 7.34. The van der Waals surface area contributed by atoms with E-state index < -0.39 is 37.2 Å². The molecular formula is C31H48N4O6S2. The number of benzene rings is 1. The summed E-state index contributed by atoms with van der Waals surface area (Å²) in [6, 6.07) is 7.42. The van der Waals surface area contributed by atoms with Crippen molar-refractivity contribution in [3.05, 3.63) is 35.4 Å². The Bertz CT molecular complexity index is 1450. The molecule has 0 aromatic heterocycles. The van der Waals surface area contributed by atoms with Crippen molar-refractivity contribution in [1.29, 1.82) is 0 Å². The lowest BCUT2D eigenvalue weighted by Crippen LogP contribution is -2.57. The number of nitrogens with one attached hydrogen (secondary N) is 2. The number of fused-ring (bicyclic) bond motifs is 4. The molecule has 5 rings (SSSR count). The van der Waals surface area contributed by atoms with Crippen LogP contribution in [0.2, 0.25) is 0 Å². The highest BCUT2D eigenvalue weighted by Crippen LogP contribution is 2.66. The summed E-state index contributed by atoms with van der Waals surface area (Å²) in [5.74, 6) is -0.757. The van der Waals surface area contributed by atoms with Gasteiger partial charge in [0.15, 0.2) is 0 Å². The third kappa shape index (κ3) is 6.26. The van der Waals surface area contributed by atoms with Gasteiger partial charge in [-0.1, -0.05) is 38.1 Å². The van der Waals surface area contributed by atoms with Gasteiger partial charge >= 0.3 is 0 Å². The maximum absolute atomic E-state index is 14.1. The molecule has 2 saturated carbocycles. The van der Waals surface area contributed by atoms with Gasteiger partial charge in [-0.3, -0.25) is 9.59 Å². The normalized spacial score (nSPS) is 28.5. The summed E-state index contributed by atoms with van der Waals surface area (Å²) >= 11 is 0. The van der Waals surface area contributed by atoms with Gasteiger partial charge in [0.05, 0.1) is 17.5 Å². The first-order valence-electron chi connectivity index (χ1n) is 15.6. The Morgan fingerprint density at radius 3 is 2.42 bits per heavy atom. The molecule has 4 N–H and O–H groups in total. The molecule has 0 radical (unpaired) electrons. The van der Waals surface area contributed by atoms with Crippen LogP contribution in [0.5, 0.6) is 0 Å². The maximum Gasteiger partial charge on any atom is 0.237 e. The molecule has 3 aliphatic carbocycles. The first kappa shape index (κ1) is 32.4. The van der Waals surface area contributed by atoms with Gasteiger partial charge < -0.3 is 16.4 Å². The number of sulfonamides is 1. The topological polar surface area (TPSA) is 156 Å². The Hall–Kier alpha value is -2.02. The summed E-state index contributed by atoms with van der Waals surface area (Å²) < 4.78 is 53.2. The van der Waals surface area contributed by atoms with E-state index >= 15 is 0 Å². The smallest absolute Gasteiger partial charge is 0.237 e. The first-order valence-corrected chi connectivity index (χ1v) is 19.3. The Morgan fingerprint density at radius 1 is 1.07 bits per heavy atom. The van der Waals surface area contributed by atoms with Crippen LogP contribution in [0, 0.1) is 16.7 Å². The Morgan fingerprint density at radius 2 is 1.77 bits per heavy atom. The van der Waals surface area contributed by atoms with Crippen molar-refractivity contribution in [3.8, 4) is 0 Å². The molecule has 12 heteroatoms. The SMILES string of the molecule is CC1(C)[C@@H]2CC[C@@]1(CS(=O)(=O)N1CCC3(CCc4ccccc43)CC1)[C@@H](NC(=O)C(CCC(N)=O)NCCS(C)(=O)=O)C2. The molecule has 3 fully saturated rings. The Labute approximate surface area is 256 Å². The molecule has 1 saturated heterocycles. The molecule has 4 atom stereocenters. The summed E-state index contributed by atoms with van der Waals surface area (Å²) in [6.45, 7) is 5.36. The van der Waals surface area contributed by atoms with Gasteiger partial charge in [-0.15, -0.1) is 0 Å². The number of primary amides is 1. The number of nitrogens with zero attached hydrogens (tertiary/aromatic N) is 1. The molecule has 1 heterocycles. The number of rotatable bonds is 12. The molecule has 1 unspecified atom stereocenters. The highest BCUT2D eigenvalue weighted by atomic mass is 32.2. The number of piperidine rings is 1. The van der Waals surface area contributed by atoms with Crippen LogP contribution < -0.4 is 16.4 Å². The van der Waals surface area contributed by atoms with Crippen LogP contribution in [0.25, 0.3) is 0 Å². The number of carbonyl (C=O) groups is 2. The monoisotopic (exact) mass is 636 g/mol. The lowest BCUT2D eigenvalue weighted by Gasteiger charge is -2.45.